The molecule has 0 aromatic heterocycles. The van der Waals surface area contributed by atoms with Crippen molar-refractivity contribution in [2.24, 2.45) is 5.73 Å². The molecule has 1 aromatic rings. The Morgan fingerprint density at radius 2 is 2.07 bits per heavy atom. The fourth-order valence-electron chi connectivity index (χ4n) is 1.55. The Morgan fingerprint density at radius 3 is 2.67 bits per heavy atom. The number of nitrogens with two attached hydrogens (primary N) is 1. The average Bonchev–Trinajstić information content (AvgIpc) is 2.24. The van der Waals surface area contributed by atoms with Crippen LogP contribution in [-0.4, -0.2) is 6.54 Å². The van der Waals surface area contributed by atoms with E-state index in [1.165, 1.54) is 0 Å². The standard InChI is InChI=1S/C12H17ClFN/c1-2-9-7-10(5-3-4-6-15)12(14)11(13)8-9/h7-8H,2-6,15H2,1H3. The third-order valence-corrected chi connectivity index (χ3v) is 2.75. The third-order valence-electron chi connectivity index (χ3n) is 2.47. The van der Waals surface area contributed by atoms with Crippen LogP contribution in [-0.2, 0) is 12.8 Å². The zero-order valence-electron chi connectivity index (χ0n) is 9.02. The first kappa shape index (κ1) is 12.5. The Labute approximate surface area is 95.4 Å². The number of benzene rings is 1. The second-order valence-electron chi connectivity index (χ2n) is 3.65. The molecule has 0 fully saturated rings. The van der Waals surface area contributed by atoms with Crippen molar-refractivity contribution in [3.63, 3.8) is 0 Å². The molecule has 0 spiro atoms. The SMILES string of the molecule is CCc1cc(Cl)c(F)c(CCCCN)c1. The Balaban J connectivity index is 2.80. The summed E-state index contributed by atoms with van der Waals surface area (Å²) in [5.74, 6) is -0.272. The van der Waals surface area contributed by atoms with E-state index in [-0.39, 0.29) is 10.8 Å². The summed E-state index contributed by atoms with van der Waals surface area (Å²) in [5.41, 5.74) is 7.20. The maximum absolute atomic E-state index is 13.6. The maximum Gasteiger partial charge on any atom is 0.144 e. The zero-order valence-corrected chi connectivity index (χ0v) is 9.78. The van der Waals surface area contributed by atoms with E-state index in [2.05, 4.69) is 0 Å². The van der Waals surface area contributed by atoms with Gasteiger partial charge in [-0.25, -0.2) is 4.39 Å². The number of hydrogen-bond acceptors (Lipinski definition) is 1. The number of halogens is 2. The molecule has 0 aliphatic rings. The largest absolute Gasteiger partial charge is 0.330 e. The predicted octanol–water partition coefficient (Wildman–Crippen LogP) is 3.32. The van der Waals surface area contributed by atoms with Crippen molar-refractivity contribution in [1.82, 2.24) is 0 Å². The van der Waals surface area contributed by atoms with Gasteiger partial charge in [0.2, 0.25) is 0 Å². The molecule has 0 saturated carbocycles. The summed E-state index contributed by atoms with van der Waals surface area (Å²) < 4.78 is 13.6. The number of unbranched alkanes of at least 4 members (excludes halogenated alkanes) is 1. The number of rotatable bonds is 5. The Hall–Kier alpha value is -0.600. The molecule has 0 heterocycles. The lowest BCUT2D eigenvalue weighted by atomic mass is 10.0. The fraction of sp³-hybridized carbons (Fsp3) is 0.500. The minimum Gasteiger partial charge on any atom is -0.330 e. The number of aryl methyl sites for hydroxylation is 2. The highest BCUT2D eigenvalue weighted by atomic mass is 35.5. The Bertz CT molecular complexity index is 326. The van der Waals surface area contributed by atoms with Gasteiger partial charge in [-0.2, -0.15) is 0 Å². The van der Waals surface area contributed by atoms with Crippen molar-refractivity contribution in [3.8, 4) is 0 Å². The number of hydrogen-bond donors (Lipinski definition) is 1. The summed E-state index contributed by atoms with van der Waals surface area (Å²) in [5, 5.41) is 0.233. The first-order chi connectivity index (χ1) is 7.19. The summed E-state index contributed by atoms with van der Waals surface area (Å²) >= 11 is 5.81. The van der Waals surface area contributed by atoms with Gasteiger partial charge in [-0.05, 0) is 49.4 Å². The molecular formula is C12H17ClFN. The van der Waals surface area contributed by atoms with Gasteiger partial charge in [0.1, 0.15) is 5.82 Å². The molecule has 2 N–H and O–H groups in total. The van der Waals surface area contributed by atoms with Gasteiger partial charge < -0.3 is 5.73 Å². The van der Waals surface area contributed by atoms with Gasteiger partial charge in [0, 0.05) is 0 Å². The van der Waals surface area contributed by atoms with E-state index < -0.39 is 0 Å². The van der Waals surface area contributed by atoms with Gasteiger partial charge >= 0.3 is 0 Å². The van der Waals surface area contributed by atoms with Crippen LogP contribution >= 0.6 is 11.6 Å². The molecule has 1 aromatic carbocycles. The van der Waals surface area contributed by atoms with Crippen LogP contribution in [0.4, 0.5) is 4.39 Å². The van der Waals surface area contributed by atoms with Crippen LogP contribution in [0.25, 0.3) is 0 Å². The second kappa shape index (κ2) is 6.09. The monoisotopic (exact) mass is 229 g/mol. The lowest BCUT2D eigenvalue weighted by Gasteiger charge is -2.07. The smallest absolute Gasteiger partial charge is 0.144 e. The van der Waals surface area contributed by atoms with Gasteiger partial charge in [0.05, 0.1) is 5.02 Å². The molecule has 0 bridgehead atoms. The molecule has 0 aliphatic heterocycles. The van der Waals surface area contributed by atoms with Crippen LogP contribution in [0, 0.1) is 5.82 Å². The van der Waals surface area contributed by atoms with Crippen LogP contribution < -0.4 is 5.73 Å². The molecule has 1 rings (SSSR count). The van der Waals surface area contributed by atoms with E-state index in [1.54, 1.807) is 6.07 Å². The van der Waals surface area contributed by atoms with Crippen molar-refractivity contribution in [3.05, 3.63) is 34.1 Å². The summed E-state index contributed by atoms with van der Waals surface area (Å²) in [6.45, 7) is 2.69. The second-order valence-corrected chi connectivity index (χ2v) is 4.06. The molecule has 0 atom stereocenters. The molecule has 3 heteroatoms. The maximum atomic E-state index is 13.6. The van der Waals surface area contributed by atoms with Crippen LogP contribution in [0.15, 0.2) is 12.1 Å². The van der Waals surface area contributed by atoms with E-state index in [9.17, 15) is 4.39 Å². The molecule has 0 amide bonds. The highest BCUT2D eigenvalue weighted by Gasteiger charge is 2.08. The summed E-state index contributed by atoms with van der Waals surface area (Å²) in [4.78, 5) is 0. The molecule has 0 aliphatic carbocycles. The molecular weight excluding hydrogens is 213 g/mol. The first-order valence-corrected chi connectivity index (χ1v) is 5.73. The van der Waals surface area contributed by atoms with Crippen molar-refractivity contribution in [2.45, 2.75) is 32.6 Å². The Morgan fingerprint density at radius 1 is 1.33 bits per heavy atom. The van der Waals surface area contributed by atoms with E-state index >= 15 is 0 Å². The lowest BCUT2D eigenvalue weighted by Crippen LogP contribution is -2.00. The van der Waals surface area contributed by atoms with E-state index in [1.807, 2.05) is 13.0 Å². The lowest BCUT2D eigenvalue weighted by molar-refractivity contribution is 0.600. The van der Waals surface area contributed by atoms with Gasteiger partial charge in [0.15, 0.2) is 0 Å². The van der Waals surface area contributed by atoms with E-state index in [0.29, 0.717) is 12.1 Å². The predicted molar refractivity (Wildman–Crippen MR) is 62.8 cm³/mol. The summed E-state index contributed by atoms with van der Waals surface area (Å²) in [6, 6.07) is 3.60. The van der Waals surface area contributed by atoms with Gasteiger partial charge in [-0.1, -0.05) is 24.6 Å². The zero-order chi connectivity index (χ0) is 11.3. The molecule has 15 heavy (non-hydrogen) atoms. The van der Waals surface area contributed by atoms with Gasteiger partial charge in [-0.15, -0.1) is 0 Å². The van der Waals surface area contributed by atoms with Crippen LogP contribution in [0.5, 0.6) is 0 Å². The van der Waals surface area contributed by atoms with Crippen LogP contribution in [0.3, 0.4) is 0 Å². The summed E-state index contributed by atoms with van der Waals surface area (Å²) in [7, 11) is 0. The Kier molecular flexibility index (Phi) is 5.06. The van der Waals surface area contributed by atoms with Gasteiger partial charge in [0.25, 0.3) is 0 Å². The van der Waals surface area contributed by atoms with E-state index in [0.717, 1.165) is 31.2 Å². The fourth-order valence-corrected chi connectivity index (χ4v) is 1.82. The van der Waals surface area contributed by atoms with Crippen molar-refractivity contribution < 1.29 is 4.39 Å². The average molecular weight is 230 g/mol. The minimum atomic E-state index is -0.272. The normalized spacial score (nSPS) is 10.7. The van der Waals surface area contributed by atoms with Gasteiger partial charge in [-0.3, -0.25) is 0 Å². The quantitative estimate of drug-likeness (QED) is 0.771. The molecule has 0 saturated heterocycles. The molecule has 84 valence electrons. The summed E-state index contributed by atoms with van der Waals surface area (Å²) in [6.07, 6.45) is 3.44. The third kappa shape index (κ3) is 3.47. The minimum absolute atomic E-state index is 0.233. The van der Waals surface area contributed by atoms with Crippen LogP contribution in [0.1, 0.15) is 30.9 Å². The van der Waals surface area contributed by atoms with E-state index in [4.69, 9.17) is 17.3 Å². The highest BCUT2D eigenvalue weighted by molar-refractivity contribution is 6.30. The molecule has 0 radical (unpaired) electrons. The first-order valence-electron chi connectivity index (χ1n) is 5.36. The topological polar surface area (TPSA) is 26.0 Å². The van der Waals surface area contributed by atoms with Crippen molar-refractivity contribution >= 4 is 11.6 Å². The highest BCUT2D eigenvalue weighted by Crippen LogP contribution is 2.22. The van der Waals surface area contributed by atoms with Crippen molar-refractivity contribution in [2.75, 3.05) is 6.54 Å². The van der Waals surface area contributed by atoms with Crippen LogP contribution in [0.2, 0.25) is 5.02 Å². The molecule has 0 unspecified atom stereocenters. The molecule has 1 nitrogen and oxygen atoms in total. The van der Waals surface area contributed by atoms with Crippen molar-refractivity contribution in [1.29, 1.82) is 0 Å².